The van der Waals surface area contributed by atoms with E-state index in [1.165, 1.54) is 0 Å². The highest BCUT2D eigenvalue weighted by molar-refractivity contribution is 5.82. The number of carbonyl (C=O) groups is 1. The molecule has 9 heteroatoms. The molecule has 0 radical (unpaired) electrons. The topological polar surface area (TPSA) is 56.8 Å². The van der Waals surface area contributed by atoms with Crippen LogP contribution in [0.3, 0.4) is 0 Å². The van der Waals surface area contributed by atoms with E-state index in [2.05, 4.69) is 22.8 Å². The molecule has 172 valence electrons. The Balaban J connectivity index is 1.42. The van der Waals surface area contributed by atoms with Gasteiger partial charge in [0.1, 0.15) is 0 Å². The normalized spacial score (nSPS) is 39.4. The lowest BCUT2D eigenvalue weighted by atomic mass is 9.73. The molecule has 0 aromatic rings. The van der Waals surface area contributed by atoms with Gasteiger partial charge < -0.3 is 9.64 Å². The lowest BCUT2D eigenvalue weighted by Gasteiger charge is -2.39. The second-order valence-corrected chi connectivity index (χ2v) is 9.68. The Kier molecular flexibility index (Phi) is 6.63. The van der Waals surface area contributed by atoms with Gasteiger partial charge in [0.15, 0.2) is 0 Å². The SMILES string of the molecule is COC(CC1NNCN1C)C1CCCC(N2CC3C(CCCC3C(F)(F)F)C2=O)C1. The molecule has 0 spiro atoms. The summed E-state index contributed by atoms with van der Waals surface area (Å²) in [4.78, 5) is 17.1. The number of nitrogens with zero attached hydrogens (tertiary/aromatic N) is 2. The number of amides is 1. The molecule has 7 unspecified atom stereocenters. The Labute approximate surface area is 176 Å². The Bertz CT molecular complexity index is 620. The van der Waals surface area contributed by atoms with Crippen LogP contribution in [0.5, 0.6) is 0 Å². The van der Waals surface area contributed by atoms with Crippen LogP contribution < -0.4 is 10.9 Å². The number of fused-ring (bicyclic) bond motifs is 1. The minimum Gasteiger partial charge on any atom is -0.381 e. The van der Waals surface area contributed by atoms with Crippen molar-refractivity contribution < 1.29 is 22.7 Å². The fraction of sp³-hybridized carbons (Fsp3) is 0.952. The summed E-state index contributed by atoms with van der Waals surface area (Å²) < 4.78 is 46.5. The third-order valence-electron chi connectivity index (χ3n) is 8.03. The van der Waals surface area contributed by atoms with E-state index in [0.29, 0.717) is 18.8 Å². The number of carbonyl (C=O) groups excluding carboxylic acids is 1. The summed E-state index contributed by atoms with van der Waals surface area (Å²) in [5.74, 6) is -2.04. The van der Waals surface area contributed by atoms with Crippen molar-refractivity contribution in [2.45, 2.75) is 75.9 Å². The van der Waals surface area contributed by atoms with Gasteiger partial charge in [-0.15, -0.1) is 0 Å². The molecule has 6 nitrogen and oxygen atoms in total. The third kappa shape index (κ3) is 4.36. The predicted molar refractivity (Wildman–Crippen MR) is 106 cm³/mol. The maximum atomic E-state index is 13.6. The second-order valence-electron chi connectivity index (χ2n) is 9.68. The molecule has 4 aliphatic rings. The number of hydrogen-bond acceptors (Lipinski definition) is 5. The summed E-state index contributed by atoms with van der Waals surface area (Å²) in [7, 11) is 3.79. The number of ether oxygens (including phenoxy) is 1. The van der Waals surface area contributed by atoms with Crippen LogP contribution in [-0.2, 0) is 9.53 Å². The van der Waals surface area contributed by atoms with E-state index in [-0.39, 0.29) is 37.2 Å². The van der Waals surface area contributed by atoms with Gasteiger partial charge in [0.2, 0.25) is 5.91 Å². The van der Waals surface area contributed by atoms with Crippen LogP contribution in [-0.4, -0.2) is 67.6 Å². The molecule has 1 amide bonds. The Morgan fingerprint density at radius 1 is 1.20 bits per heavy atom. The molecule has 2 aliphatic carbocycles. The van der Waals surface area contributed by atoms with Crippen molar-refractivity contribution in [1.29, 1.82) is 0 Å². The van der Waals surface area contributed by atoms with Gasteiger partial charge in [0.05, 0.1) is 24.9 Å². The van der Waals surface area contributed by atoms with E-state index in [0.717, 1.165) is 38.8 Å². The molecule has 4 fully saturated rings. The number of methoxy groups -OCH3 is 1. The minimum absolute atomic E-state index is 0.0324. The molecule has 2 N–H and O–H groups in total. The maximum Gasteiger partial charge on any atom is 0.392 e. The van der Waals surface area contributed by atoms with Crippen molar-refractivity contribution in [1.82, 2.24) is 20.7 Å². The van der Waals surface area contributed by atoms with E-state index in [9.17, 15) is 18.0 Å². The molecule has 2 saturated carbocycles. The van der Waals surface area contributed by atoms with Crippen LogP contribution in [0.4, 0.5) is 13.2 Å². The highest BCUT2D eigenvalue weighted by atomic mass is 19.4. The molecule has 30 heavy (non-hydrogen) atoms. The first-order valence-electron chi connectivity index (χ1n) is 11.4. The quantitative estimate of drug-likeness (QED) is 0.700. The van der Waals surface area contributed by atoms with Gasteiger partial charge in [-0.25, -0.2) is 10.9 Å². The number of halogens is 3. The maximum absolute atomic E-state index is 13.6. The molecular weight excluding hydrogens is 397 g/mol. The van der Waals surface area contributed by atoms with Gasteiger partial charge in [0, 0.05) is 32.0 Å². The van der Waals surface area contributed by atoms with Crippen molar-refractivity contribution in [2.24, 2.45) is 23.7 Å². The Morgan fingerprint density at radius 3 is 2.63 bits per heavy atom. The fourth-order valence-electron chi connectivity index (χ4n) is 6.36. The summed E-state index contributed by atoms with van der Waals surface area (Å²) in [6.45, 7) is 1.05. The van der Waals surface area contributed by atoms with Gasteiger partial charge in [-0.3, -0.25) is 9.69 Å². The van der Waals surface area contributed by atoms with Crippen molar-refractivity contribution in [3.63, 3.8) is 0 Å². The average Bonchev–Trinajstić information content (AvgIpc) is 3.28. The zero-order valence-corrected chi connectivity index (χ0v) is 18.0. The van der Waals surface area contributed by atoms with E-state index in [1.807, 2.05) is 4.90 Å². The number of likely N-dealkylation sites (tertiary alicyclic amines) is 1. The van der Waals surface area contributed by atoms with E-state index in [1.54, 1.807) is 7.11 Å². The first-order valence-corrected chi connectivity index (χ1v) is 11.4. The van der Waals surface area contributed by atoms with Crippen LogP contribution in [0.1, 0.15) is 51.4 Å². The number of hydrogen-bond donors (Lipinski definition) is 2. The lowest BCUT2D eigenvalue weighted by Crippen LogP contribution is -2.45. The number of nitrogens with one attached hydrogen (secondary N) is 2. The Morgan fingerprint density at radius 2 is 1.97 bits per heavy atom. The Hall–Kier alpha value is -0.900. The summed E-state index contributed by atoms with van der Waals surface area (Å²) in [5, 5.41) is 0. The van der Waals surface area contributed by atoms with Crippen LogP contribution >= 0.6 is 0 Å². The smallest absolute Gasteiger partial charge is 0.381 e. The largest absolute Gasteiger partial charge is 0.392 e. The molecule has 2 aliphatic heterocycles. The van der Waals surface area contributed by atoms with Crippen LogP contribution in [0.25, 0.3) is 0 Å². The van der Waals surface area contributed by atoms with Gasteiger partial charge in [-0.1, -0.05) is 12.8 Å². The molecule has 0 bridgehead atoms. The van der Waals surface area contributed by atoms with Gasteiger partial charge >= 0.3 is 6.18 Å². The van der Waals surface area contributed by atoms with Crippen molar-refractivity contribution in [2.75, 3.05) is 27.4 Å². The summed E-state index contributed by atoms with van der Waals surface area (Å²) in [6, 6.07) is 0.0424. The highest BCUT2D eigenvalue weighted by Gasteiger charge is 2.55. The summed E-state index contributed by atoms with van der Waals surface area (Å²) in [6.07, 6.45) is 1.91. The first kappa shape index (κ1) is 22.3. The highest BCUT2D eigenvalue weighted by Crippen LogP contribution is 2.49. The molecule has 0 aromatic heterocycles. The van der Waals surface area contributed by atoms with E-state index >= 15 is 0 Å². The molecule has 2 heterocycles. The summed E-state index contributed by atoms with van der Waals surface area (Å²) in [5.41, 5.74) is 6.40. The number of rotatable bonds is 5. The predicted octanol–water partition coefficient (Wildman–Crippen LogP) is 2.71. The standard InChI is InChI=1S/C21H35F3N4O2/c1-27-12-25-26-19(27)10-18(30-2)13-5-3-6-14(9-13)28-11-16-15(20(28)29)7-4-8-17(16)21(22,23)24/h13-19,25-26H,3-12H2,1-2H3. The lowest BCUT2D eigenvalue weighted by molar-refractivity contribution is -0.198. The molecule has 4 rings (SSSR count). The van der Waals surface area contributed by atoms with Crippen molar-refractivity contribution in [3.8, 4) is 0 Å². The zero-order chi connectivity index (χ0) is 21.5. The third-order valence-corrected chi connectivity index (χ3v) is 8.03. The zero-order valence-electron chi connectivity index (χ0n) is 18.0. The van der Waals surface area contributed by atoms with Crippen molar-refractivity contribution >= 4 is 5.91 Å². The van der Waals surface area contributed by atoms with Gasteiger partial charge in [0.25, 0.3) is 0 Å². The summed E-state index contributed by atoms with van der Waals surface area (Å²) >= 11 is 0. The average molecular weight is 433 g/mol. The first-order chi connectivity index (χ1) is 14.3. The number of alkyl halides is 3. The fourth-order valence-corrected chi connectivity index (χ4v) is 6.36. The molecular formula is C21H35F3N4O2. The molecule has 0 aromatic carbocycles. The van der Waals surface area contributed by atoms with Crippen molar-refractivity contribution in [3.05, 3.63) is 0 Å². The van der Waals surface area contributed by atoms with Gasteiger partial charge in [-0.2, -0.15) is 13.2 Å². The van der Waals surface area contributed by atoms with E-state index < -0.39 is 23.9 Å². The molecule has 7 atom stereocenters. The van der Waals surface area contributed by atoms with Crippen LogP contribution in [0.15, 0.2) is 0 Å². The van der Waals surface area contributed by atoms with E-state index in [4.69, 9.17) is 4.74 Å². The van der Waals surface area contributed by atoms with Gasteiger partial charge in [-0.05, 0) is 51.0 Å². The monoisotopic (exact) mass is 432 g/mol. The number of hydrazine groups is 1. The van der Waals surface area contributed by atoms with Crippen LogP contribution in [0.2, 0.25) is 0 Å². The second kappa shape index (κ2) is 8.92. The minimum atomic E-state index is -4.20. The van der Waals surface area contributed by atoms with Crippen LogP contribution in [0, 0.1) is 23.7 Å². The molecule has 2 saturated heterocycles.